The zero-order valence-electron chi connectivity index (χ0n) is 13.6. The van der Waals surface area contributed by atoms with Crippen LogP contribution in [0.2, 0.25) is 0 Å². The Kier molecular flexibility index (Phi) is 5.16. The molecule has 0 radical (unpaired) electrons. The molecule has 1 amide bonds. The van der Waals surface area contributed by atoms with Crippen LogP contribution in [0.25, 0.3) is 0 Å². The van der Waals surface area contributed by atoms with Gasteiger partial charge in [0.25, 0.3) is 0 Å². The summed E-state index contributed by atoms with van der Waals surface area (Å²) in [5.41, 5.74) is 1.37. The largest absolute Gasteiger partial charge is 0.444 e. The van der Waals surface area contributed by atoms with Crippen LogP contribution < -0.4 is 0 Å². The molecule has 1 aliphatic heterocycles. The Labute approximate surface area is 135 Å². The van der Waals surface area contributed by atoms with Gasteiger partial charge < -0.3 is 9.64 Å². The van der Waals surface area contributed by atoms with E-state index < -0.39 is 5.60 Å². The van der Waals surface area contributed by atoms with Gasteiger partial charge >= 0.3 is 6.09 Å². The van der Waals surface area contributed by atoms with Crippen molar-refractivity contribution in [3.63, 3.8) is 0 Å². The van der Waals surface area contributed by atoms with Crippen LogP contribution in [0.4, 0.5) is 4.79 Å². The molecule has 0 unspecified atom stereocenters. The van der Waals surface area contributed by atoms with E-state index >= 15 is 0 Å². The van der Waals surface area contributed by atoms with E-state index in [1.165, 1.54) is 11.8 Å². The minimum Gasteiger partial charge on any atom is -0.444 e. The predicted octanol–water partition coefficient (Wildman–Crippen LogP) is 2.80. The van der Waals surface area contributed by atoms with E-state index in [0.29, 0.717) is 18.8 Å². The molecule has 0 bridgehead atoms. The number of aryl methyl sites for hydroxylation is 1. The van der Waals surface area contributed by atoms with Gasteiger partial charge in [0.2, 0.25) is 0 Å². The second-order valence-corrected chi connectivity index (χ2v) is 7.54. The number of nitrogens with zero attached hydrogens (tertiary/aromatic N) is 3. The molecule has 0 saturated carbocycles. The number of carbonyl (C=O) groups excluding carboxylic acids is 2. The van der Waals surface area contributed by atoms with Crippen LogP contribution in [0.1, 0.15) is 45.5 Å². The Hall–Kier alpha value is -1.50. The maximum Gasteiger partial charge on any atom is 0.410 e. The summed E-state index contributed by atoms with van der Waals surface area (Å²) in [5.74, 6) is 0.571. The van der Waals surface area contributed by atoms with Crippen molar-refractivity contribution < 1.29 is 14.3 Å². The van der Waals surface area contributed by atoms with E-state index in [4.69, 9.17) is 4.74 Å². The second kappa shape index (κ2) is 6.73. The fourth-order valence-electron chi connectivity index (χ4n) is 2.25. The monoisotopic (exact) mass is 325 g/mol. The quantitative estimate of drug-likeness (QED) is 0.836. The molecule has 0 aliphatic carbocycles. The third-order valence-corrected chi connectivity index (χ3v) is 3.99. The van der Waals surface area contributed by atoms with Crippen molar-refractivity contribution in [3.05, 3.63) is 17.5 Å². The minimum atomic E-state index is -0.493. The van der Waals surface area contributed by atoms with Crippen molar-refractivity contribution >= 4 is 23.0 Å². The molecule has 0 spiro atoms. The summed E-state index contributed by atoms with van der Waals surface area (Å²) in [4.78, 5) is 25.0. The van der Waals surface area contributed by atoms with E-state index in [2.05, 4.69) is 5.10 Å². The molecule has 0 saturated heterocycles. The number of amides is 1. The van der Waals surface area contributed by atoms with Gasteiger partial charge in [0, 0.05) is 25.8 Å². The van der Waals surface area contributed by atoms with Crippen LogP contribution in [0.5, 0.6) is 0 Å². The van der Waals surface area contributed by atoms with Crippen molar-refractivity contribution in [2.45, 2.75) is 58.6 Å². The molecule has 6 nitrogen and oxygen atoms in total. The number of aromatic nitrogens is 2. The summed E-state index contributed by atoms with van der Waals surface area (Å²) in [5, 5.41) is 4.60. The summed E-state index contributed by atoms with van der Waals surface area (Å²) in [6.45, 7) is 9.08. The molecule has 0 N–H and O–H groups in total. The predicted molar refractivity (Wildman–Crippen MR) is 85.5 cm³/mol. The standard InChI is InChI=1S/C15H23N3O3S/c1-11(19)22-10-12-8-13-9-17(6-5-7-18(13)16-12)14(20)21-15(2,3)4/h8H,5-7,9-10H2,1-4H3. The molecule has 2 rings (SSSR count). The fourth-order valence-corrected chi connectivity index (χ4v) is 2.74. The summed E-state index contributed by atoms with van der Waals surface area (Å²) in [6.07, 6.45) is 0.551. The van der Waals surface area contributed by atoms with Gasteiger partial charge in [0.05, 0.1) is 17.9 Å². The van der Waals surface area contributed by atoms with E-state index in [-0.39, 0.29) is 11.2 Å². The van der Waals surface area contributed by atoms with Gasteiger partial charge in [0.15, 0.2) is 5.12 Å². The third-order valence-electron chi connectivity index (χ3n) is 3.14. The lowest BCUT2D eigenvalue weighted by atomic mass is 10.2. The highest BCUT2D eigenvalue weighted by Crippen LogP contribution is 2.19. The van der Waals surface area contributed by atoms with Crippen molar-refractivity contribution in [1.82, 2.24) is 14.7 Å². The molecular formula is C15H23N3O3S. The molecule has 0 fully saturated rings. The highest BCUT2D eigenvalue weighted by Gasteiger charge is 2.25. The zero-order valence-corrected chi connectivity index (χ0v) is 14.4. The van der Waals surface area contributed by atoms with Gasteiger partial charge in [-0.3, -0.25) is 9.48 Å². The molecule has 0 atom stereocenters. The number of hydrogen-bond donors (Lipinski definition) is 0. The highest BCUT2D eigenvalue weighted by molar-refractivity contribution is 8.12. The molecule has 1 aromatic heterocycles. The van der Waals surface area contributed by atoms with E-state index in [1.54, 1.807) is 11.8 Å². The van der Waals surface area contributed by atoms with Gasteiger partial charge in [-0.2, -0.15) is 5.10 Å². The molecule has 1 aliphatic rings. The summed E-state index contributed by atoms with van der Waals surface area (Å²) in [7, 11) is 0. The first-order valence-electron chi connectivity index (χ1n) is 7.41. The topological polar surface area (TPSA) is 64.4 Å². The first-order chi connectivity index (χ1) is 10.2. The maximum absolute atomic E-state index is 12.2. The minimum absolute atomic E-state index is 0.0820. The number of ether oxygens (including phenoxy) is 1. The van der Waals surface area contributed by atoms with Crippen LogP contribution in [-0.4, -0.2) is 38.0 Å². The Morgan fingerprint density at radius 1 is 1.36 bits per heavy atom. The van der Waals surface area contributed by atoms with Crippen LogP contribution in [0, 0.1) is 0 Å². The van der Waals surface area contributed by atoms with Crippen molar-refractivity contribution in [1.29, 1.82) is 0 Å². The van der Waals surface area contributed by atoms with Crippen molar-refractivity contribution in [2.75, 3.05) is 6.54 Å². The molecule has 2 heterocycles. The second-order valence-electron chi connectivity index (χ2n) is 6.39. The molecular weight excluding hydrogens is 302 g/mol. The SMILES string of the molecule is CC(=O)SCc1cc2n(n1)CCCN(C(=O)OC(C)(C)C)C2. The average molecular weight is 325 g/mol. The van der Waals surface area contributed by atoms with Crippen LogP contribution in [-0.2, 0) is 28.4 Å². The van der Waals surface area contributed by atoms with Crippen molar-refractivity contribution in [3.8, 4) is 0 Å². The maximum atomic E-state index is 12.2. The van der Waals surface area contributed by atoms with Gasteiger partial charge in [-0.1, -0.05) is 11.8 Å². The lowest BCUT2D eigenvalue weighted by Gasteiger charge is -2.26. The van der Waals surface area contributed by atoms with Crippen molar-refractivity contribution in [2.24, 2.45) is 0 Å². The van der Waals surface area contributed by atoms with Crippen LogP contribution in [0.15, 0.2) is 6.07 Å². The van der Waals surface area contributed by atoms with Gasteiger partial charge in [-0.25, -0.2) is 4.79 Å². The lowest BCUT2D eigenvalue weighted by molar-refractivity contribution is -0.109. The highest BCUT2D eigenvalue weighted by atomic mass is 32.2. The Morgan fingerprint density at radius 2 is 2.09 bits per heavy atom. The molecule has 0 aromatic carbocycles. The Balaban J connectivity index is 2.06. The lowest BCUT2D eigenvalue weighted by Crippen LogP contribution is -2.36. The normalized spacial score (nSPS) is 15.2. The third kappa shape index (κ3) is 4.76. The van der Waals surface area contributed by atoms with E-state index in [1.807, 2.05) is 31.5 Å². The molecule has 22 heavy (non-hydrogen) atoms. The Morgan fingerprint density at radius 3 is 2.73 bits per heavy atom. The summed E-state index contributed by atoms with van der Waals surface area (Å²) < 4.78 is 7.37. The molecule has 122 valence electrons. The van der Waals surface area contributed by atoms with Crippen LogP contribution >= 0.6 is 11.8 Å². The summed E-state index contributed by atoms with van der Waals surface area (Å²) >= 11 is 1.25. The number of rotatable bonds is 2. The first-order valence-corrected chi connectivity index (χ1v) is 8.40. The van der Waals surface area contributed by atoms with Crippen LogP contribution in [0.3, 0.4) is 0 Å². The average Bonchev–Trinajstić information content (AvgIpc) is 2.65. The number of thioether (sulfide) groups is 1. The van der Waals surface area contributed by atoms with Gasteiger partial charge in [-0.05, 0) is 33.3 Å². The van der Waals surface area contributed by atoms with E-state index in [0.717, 1.165) is 24.4 Å². The first kappa shape index (κ1) is 16.9. The number of fused-ring (bicyclic) bond motifs is 1. The smallest absolute Gasteiger partial charge is 0.410 e. The van der Waals surface area contributed by atoms with E-state index in [9.17, 15) is 9.59 Å². The Bertz CT molecular complexity index is 563. The zero-order chi connectivity index (χ0) is 16.3. The fraction of sp³-hybridized carbons (Fsp3) is 0.667. The number of carbonyl (C=O) groups is 2. The molecule has 7 heteroatoms. The van der Waals surface area contributed by atoms with Gasteiger partial charge in [0.1, 0.15) is 5.60 Å². The summed E-state index contributed by atoms with van der Waals surface area (Å²) in [6, 6.07) is 1.97. The molecule has 1 aromatic rings. The number of hydrogen-bond acceptors (Lipinski definition) is 5. The van der Waals surface area contributed by atoms with Gasteiger partial charge in [-0.15, -0.1) is 0 Å².